The first-order valence-corrected chi connectivity index (χ1v) is 6.30. The Labute approximate surface area is 112 Å². The molecule has 96 valence electrons. The largest absolute Gasteiger partial charge is 0.380 e. The van der Waals surface area contributed by atoms with Gasteiger partial charge < -0.3 is 5.32 Å². The van der Waals surface area contributed by atoms with E-state index in [0.717, 1.165) is 23.3 Å². The molecule has 0 atom stereocenters. The number of fused-ring (bicyclic) bond motifs is 1. The highest BCUT2D eigenvalue weighted by atomic mass is 15.2. The van der Waals surface area contributed by atoms with Crippen LogP contribution in [0.15, 0.2) is 42.9 Å². The fourth-order valence-corrected chi connectivity index (χ4v) is 2.28. The molecular formula is C15H16N4. The zero-order chi connectivity index (χ0) is 13.2. The Bertz CT molecular complexity index is 710. The minimum Gasteiger partial charge on any atom is -0.380 e. The number of anilines is 1. The number of aromatic nitrogens is 3. The summed E-state index contributed by atoms with van der Waals surface area (Å²) < 4.78 is 1.84. The summed E-state index contributed by atoms with van der Waals surface area (Å²) in [6, 6.07) is 8.25. The standard InChI is InChI=1S/C15H16N4/c1-11-13(10-19(2)18-11)8-17-15-5-3-4-12-6-7-16-9-14(12)15/h3-7,9-10,17H,8H2,1-2H3. The van der Waals surface area contributed by atoms with E-state index in [9.17, 15) is 0 Å². The highest BCUT2D eigenvalue weighted by Gasteiger charge is 2.04. The van der Waals surface area contributed by atoms with E-state index in [1.165, 1.54) is 10.9 Å². The number of nitrogens with zero attached hydrogens (tertiary/aromatic N) is 3. The zero-order valence-corrected chi connectivity index (χ0v) is 11.1. The van der Waals surface area contributed by atoms with Crippen molar-refractivity contribution in [3.8, 4) is 0 Å². The molecule has 1 N–H and O–H groups in total. The topological polar surface area (TPSA) is 42.7 Å². The van der Waals surface area contributed by atoms with Crippen molar-refractivity contribution in [2.45, 2.75) is 13.5 Å². The van der Waals surface area contributed by atoms with Gasteiger partial charge in [0.1, 0.15) is 0 Å². The van der Waals surface area contributed by atoms with Gasteiger partial charge in [-0.3, -0.25) is 9.67 Å². The van der Waals surface area contributed by atoms with E-state index in [1.54, 1.807) is 0 Å². The van der Waals surface area contributed by atoms with Gasteiger partial charge in [-0.15, -0.1) is 0 Å². The van der Waals surface area contributed by atoms with Gasteiger partial charge in [-0.1, -0.05) is 12.1 Å². The van der Waals surface area contributed by atoms with Crippen LogP contribution in [-0.4, -0.2) is 14.8 Å². The van der Waals surface area contributed by atoms with Crippen LogP contribution in [0.5, 0.6) is 0 Å². The number of aryl methyl sites for hydroxylation is 2. The van der Waals surface area contributed by atoms with E-state index in [1.807, 2.05) is 43.3 Å². The molecule has 0 unspecified atom stereocenters. The SMILES string of the molecule is Cc1nn(C)cc1CNc1cccc2ccncc12. The fourth-order valence-electron chi connectivity index (χ4n) is 2.28. The number of hydrogen-bond donors (Lipinski definition) is 1. The Morgan fingerprint density at radius 2 is 2.16 bits per heavy atom. The van der Waals surface area contributed by atoms with Crippen LogP contribution in [0.3, 0.4) is 0 Å². The van der Waals surface area contributed by atoms with E-state index in [0.29, 0.717) is 0 Å². The lowest BCUT2D eigenvalue weighted by Crippen LogP contribution is -2.00. The molecule has 0 aliphatic carbocycles. The molecule has 1 aromatic carbocycles. The fraction of sp³-hybridized carbons (Fsp3) is 0.200. The Morgan fingerprint density at radius 3 is 2.95 bits per heavy atom. The summed E-state index contributed by atoms with van der Waals surface area (Å²) in [6.07, 6.45) is 5.76. The minimum atomic E-state index is 0.772. The Hall–Kier alpha value is -2.36. The molecule has 0 amide bonds. The van der Waals surface area contributed by atoms with Gasteiger partial charge in [-0.2, -0.15) is 5.10 Å². The van der Waals surface area contributed by atoms with Gasteiger partial charge in [-0.25, -0.2) is 0 Å². The Morgan fingerprint density at radius 1 is 1.26 bits per heavy atom. The molecule has 3 rings (SSSR count). The molecule has 2 aromatic heterocycles. The molecule has 19 heavy (non-hydrogen) atoms. The van der Waals surface area contributed by atoms with E-state index >= 15 is 0 Å². The molecule has 0 aliphatic rings. The van der Waals surface area contributed by atoms with Crippen molar-refractivity contribution in [1.82, 2.24) is 14.8 Å². The summed E-state index contributed by atoms with van der Waals surface area (Å²) in [7, 11) is 1.94. The zero-order valence-electron chi connectivity index (χ0n) is 11.1. The van der Waals surface area contributed by atoms with Crippen molar-refractivity contribution in [3.63, 3.8) is 0 Å². The van der Waals surface area contributed by atoms with Crippen molar-refractivity contribution in [2.75, 3.05) is 5.32 Å². The van der Waals surface area contributed by atoms with E-state index in [4.69, 9.17) is 0 Å². The average molecular weight is 252 g/mol. The monoisotopic (exact) mass is 252 g/mol. The molecule has 0 radical (unpaired) electrons. The normalized spacial score (nSPS) is 10.8. The summed E-state index contributed by atoms with van der Waals surface area (Å²) in [5.41, 5.74) is 3.38. The molecule has 0 aliphatic heterocycles. The summed E-state index contributed by atoms with van der Waals surface area (Å²) in [4.78, 5) is 4.19. The van der Waals surface area contributed by atoms with Crippen molar-refractivity contribution in [2.24, 2.45) is 7.05 Å². The lowest BCUT2D eigenvalue weighted by atomic mass is 10.1. The second kappa shape index (κ2) is 4.72. The van der Waals surface area contributed by atoms with Gasteiger partial charge in [0.15, 0.2) is 0 Å². The maximum Gasteiger partial charge on any atom is 0.0643 e. The lowest BCUT2D eigenvalue weighted by molar-refractivity contribution is 0.756. The lowest BCUT2D eigenvalue weighted by Gasteiger charge is -2.08. The maximum absolute atomic E-state index is 4.35. The molecule has 0 spiro atoms. The first-order chi connectivity index (χ1) is 9.24. The van der Waals surface area contributed by atoms with Gasteiger partial charge in [-0.05, 0) is 24.4 Å². The van der Waals surface area contributed by atoms with E-state index in [-0.39, 0.29) is 0 Å². The highest BCUT2D eigenvalue weighted by Crippen LogP contribution is 2.22. The van der Waals surface area contributed by atoms with Crippen LogP contribution in [0.4, 0.5) is 5.69 Å². The first kappa shape index (κ1) is 11.7. The summed E-state index contributed by atoms with van der Waals surface area (Å²) in [5.74, 6) is 0. The second-order valence-electron chi connectivity index (χ2n) is 4.67. The van der Waals surface area contributed by atoms with Crippen LogP contribution in [0.1, 0.15) is 11.3 Å². The molecule has 4 nitrogen and oxygen atoms in total. The number of pyridine rings is 1. The molecule has 4 heteroatoms. The van der Waals surface area contributed by atoms with E-state index in [2.05, 4.69) is 33.6 Å². The molecule has 0 saturated carbocycles. The molecule has 0 fully saturated rings. The summed E-state index contributed by atoms with van der Waals surface area (Å²) >= 11 is 0. The van der Waals surface area contributed by atoms with Gasteiger partial charge >= 0.3 is 0 Å². The number of benzene rings is 1. The molecule has 0 bridgehead atoms. The minimum absolute atomic E-state index is 0.772. The van der Waals surface area contributed by atoms with Gasteiger partial charge in [0, 0.05) is 48.8 Å². The third-order valence-electron chi connectivity index (χ3n) is 3.27. The van der Waals surface area contributed by atoms with Gasteiger partial charge in [0.05, 0.1) is 5.69 Å². The third kappa shape index (κ3) is 2.29. The van der Waals surface area contributed by atoms with Crippen LogP contribution >= 0.6 is 0 Å². The van der Waals surface area contributed by atoms with Crippen LogP contribution in [0, 0.1) is 6.92 Å². The molecule has 2 heterocycles. The van der Waals surface area contributed by atoms with E-state index < -0.39 is 0 Å². The average Bonchev–Trinajstić information content (AvgIpc) is 2.74. The predicted molar refractivity (Wildman–Crippen MR) is 77.0 cm³/mol. The van der Waals surface area contributed by atoms with Crippen LogP contribution in [-0.2, 0) is 13.6 Å². The molecule has 3 aromatic rings. The second-order valence-corrected chi connectivity index (χ2v) is 4.67. The van der Waals surface area contributed by atoms with Crippen molar-refractivity contribution < 1.29 is 0 Å². The smallest absolute Gasteiger partial charge is 0.0643 e. The number of hydrogen-bond acceptors (Lipinski definition) is 3. The quantitative estimate of drug-likeness (QED) is 0.779. The Kier molecular flexibility index (Phi) is 2.91. The van der Waals surface area contributed by atoms with Crippen LogP contribution in [0.25, 0.3) is 10.8 Å². The van der Waals surface area contributed by atoms with Gasteiger partial charge in [0.25, 0.3) is 0 Å². The number of rotatable bonds is 3. The molecule has 0 saturated heterocycles. The third-order valence-corrected chi connectivity index (χ3v) is 3.27. The summed E-state index contributed by atoms with van der Waals surface area (Å²) in [5, 5.41) is 10.2. The maximum atomic E-state index is 4.35. The van der Waals surface area contributed by atoms with Gasteiger partial charge in [0.2, 0.25) is 0 Å². The van der Waals surface area contributed by atoms with Crippen LogP contribution in [0.2, 0.25) is 0 Å². The molecular weight excluding hydrogens is 236 g/mol. The van der Waals surface area contributed by atoms with Crippen LogP contribution < -0.4 is 5.32 Å². The summed E-state index contributed by atoms with van der Waals surface area (Å²) in [6.45, 7) is 2.80. The highest BCUT2D eigenvalue weighted by molar-refractivity contribution is 5.93. The Balaban J connectivity index is 1.88. The van der Waals surface area contributed by atoms with Crippen molar-refractivity contribution >= 4 is 16.5 Å². The number of nitrogens with one attached hydrogen (secondary N) is 1. The van der Waals surface area contributed by atoms with Crippen molar-refractivity contribution in [1.29, 1.82) is 0 Å². The first-order valence-electron chi connectivity index (χ1n) is 6.30. The van der Waals surface area contributed by atoms with Crippen molar-refractivity contribution in [3.05, 3.63) is 54.1 Å². The predicted octanol–water partition coefficient (Wildman–Crippen LogP) is 2.89.